The molecule has 22 heavy (non-hydrogen) atoms. The summed E-state index contributed by atoms with van der Waals surface area (Å²) in [6.07, 6.45) is 1.73. The molecule has 1 aromatic carbocycles. The van der Waals surface area contributed by atoms with Crippen molar-refractivity contribution in [3.63, 3.8) is 0 Å². The number of fused-ring (bicyclic) bond motifs is 1. The Bertz CT molecular complexity index is 809. The number of benzene rings is 1. The van der Waals surface area contributed by atoms with Crippen molar-refractivity contribution in [2.45, 2.75) is 26.6 Å². The average molecular weight is 363 g/mol. The number of halogens is 1. The summed E-state index contributed by atoms with van der Waals surface area (Å²) in [5, 5.41) is 15.2. The molecule has 7 nitrogen and oxygen atoms in total. The van der Waals surface area contributed by atoms with Crippen LogP contribution in [0.5, 0.6) is 0 Å². The van der Waals surface area contributed by atoms with Gasteiger partial charge in [-0.25, -0.2) is 4.68 Å². The third kappa shape index (κ3) is 2.87. The Morgan fingerprint density at radius 3 is 2.95 bits per heavy atom. The number of nitrogens with zero attached hydrogens (tertiary/aromatic N) is 5. The van der Waals surface area contributed by atoms with Crippen LogP contribution in [0.25, 0.3) is 11.0 Å². The van der Waals surface area contributed by atoms with Crippen molar-refractivity contribution in [2.24, 2.45) is 0 Å². The van der Waals surface area contributed by atoms with Crippen LogP contribution in [0.3, 0.4) is 0 Å². The molecule has 0 unspecified atom stereocenters. The maximum atomic E-state index is 12.1. The molecule has 8 heteroatoms. The normalized spacial score (nSPS) is 11.0. The predicted octanol–water partition coefficient (Wildman–Crippen LogP) is 1.73. The van der Waals surface area contributed by atoms with Crippen molar-refractivity contribution in [3.05, 3.63) is 40.6 Å². The summed E-state index contributed by atoms with van der Waals surface area (Å²) < 4.78 is 4.33. The monoisotopic (exact) mass is 362 g/mol. The summed E-state index contributed by atoms with van der Waals surface area (Å²) in [7, 11) is 0. The lowest BCUT2D eigenvalue weighted by atomic mass is 10.3. The van der Waals surface area contributed by atoms with Gasteiger partial charge in [0.15, 0.2) is 0 Å². The Hall–Kier alpha value is -2.22. The van der Waals surface area contributed by atoms with Crippen LogP contribution in [0, 0.1) is 0 Å². The van der Waals surface area contributed by atoms with E-state index in [0.29, 0.717) is 6.54 Å². The van der Waals surface area contributed by atoms with Crippen molar-refractivity contribution in [3.8, 4) is 0 Å². The second-order valence-electron chi connectivity index (χ2n) is 4.77. The Balaban J connectivity index is 1.67. The maximum absolute atomic E-state index is 12.1. The Morgan fingerprint density at radius 2 is 2.14 bits per heavy atom. The molecule has 1 N–H and O–H groups in total. The number of nitrogens with one attached hydrogen (secondary N) is 1. The molecule has 3 rings (SSSR count). The van der Waals surface area contributed by atoms with Gasteiger partial charge in [0.25, 0.3) is 0 Å². The highest BCUT2D eigenvalue weighted by atomic mass is 79.9. The zero-order chi connectivity index (χ0) is 15.5. The first-order valence-corrected chi connectivity index (χ1v) is 7.73. The molecule has 0 aliphatic rings. The fraction of sp³-hybridized carbons (Fsp3) is 0.286. The van der Waals surface area contributed by atoms with Crippen molar-refractivity contribution >= 4 is 32.9 Å². The predicted molar refractivity (Wildman–Crippen MR) is 85.0 cm³/mol. The highest BCUT2D eigenvalue weighted by Crippen LogP contribution is 2.15. The average Bonchev–Trinajstić information content (AvgIpc) is 3.09. The molecule has 0 saturated carbocycles. The van der Waals surface area contributed by atoms with Gasteiger partial charge < -0.3 is 5.32 Å². The van der Waals surface area contributed by atoms with E-state index < -0.39 is 0 Å². The zero-order valence-corrected chi connectivity index (χ0v) is 13.6. The van der Waals surface area contributed by atoms with Gasteiger partial charge in [0, 0.05) is 6.54 Å². The van der Waals surface area contributed by atoms with Crippen LogP contribution in [-0.4, -0.2) is 30.7 Å². The van der Waals surface area contributed by atoms with Crippen LogP contribution in [0.4, 0.5) is 0 Å². The van der Waals surface area contributed by atoms with E-state index in [1.165, 1.54) is 0 Å². The Morgan fingerprint density at radius 1 is 1.32 bits per heavy atom. The summed E-state index contributed by atoms with van der Waals surface area (Å²) in [5.74, 6) is -0.119. The fourth-order valence-electron chi connectivity index (χ4n) is 2.24. The minimum Gasteiger partial charge on any atom is -0.349 e. The highest BCUT2D eigenvalue weighted by molar-refractivity contribution is 9.10. The smallest absolute Gasteiger partial charge is 0.242 e. The third-order valence-electron chi connectivity index (χ3n) is 3.36. The first kappa shape index (κ1) is 14.7. The highest BCUT2D eigenvalue weighted by Gasteiger charge is 2.11. The van der Waals surface area contributed by atoms with Gasteiger partial charge in [-0.2, -0.15) is 5.10 Å². The van der Waals surface area contributed by atoms with E-state index in [0.717, 1.165) is 27.7 Å². The fourth-order valence-corrected chi connectivity index (χ4v) is 2.68. The van der Waals surface area contributed by atoms with Crippen LogP contribution in [0.2, 0.25) is 0 Å². The molecule has 0 radical (unpaired) electrons. The number of para-hydroxylation sites is 1. The summed E-state index contributed by atoms with van der Waals surface area (Å²) in [4.78, 5) is 12.1. The number of aromatic nitrogens is 5. The van der Waals surface area contributed by atoms with E-state index in [2.05, 4.69) is 36.7 Å². The van der Waals surface area contributed by atoms with Crippen LogP contribution in [0.15, 0.2) is 34.9 Å². The molecule has 0 spiro atoms. The summed E-state index contributed by atoms with van der Waals surface area (Å²) in [5.41, 5.74) is 2.57. The van der Waals surface area contributed by atoms with Gasteiger partial charge in [0.2, 0.25) is 5.91 Å². The van der Waals surface area contributed by atoms with E-state index in [1.54, 1.807) is 10.9 Å². The van der Waals surface area contributed by atoms with E-state index >= 15 is 0 Å². The lowest BCUT2D eigenvalue weighted by Gasteiger charge is -2.08. The molecule has 1 amide bonds. The molecule has 0 aliphatic heterocycles. The largest absolute Gasteiger partial charge is 0.349 e. The SMILES string of the molecule is CCn1ncc(Br)c1CNC(=O)Cn1nnc2ccccc21. The van der Waals surface area contributed by atoms with Crippen molar-refractivity contribution in [2.75, 3.05) is 0 Å². The van der Waals surface area contributed by atoms with Gasteiger partial charge in [0.05, 0.1) is 28.4 Å². The minimum absolute atomic E-state index is 0.119. The first-order valence-electron chi connectivity index (χ1n) is 6.94. The lowest BCUT2D eigenvalue weighted by molar-refractivity contribution is -0.122. The molecule has 0 bridgehead atoms. The van der Waals surface area contributed by atoms with Crippen LogP contribution in [-0.2, 0) is 24.4 Å². The minimum atomic E-state index is -0.119. The lowest BCUT2D eigenvalue weighted by Crippen LogP contribution is -2.28. The van der Waals surface area contributed by atoms with Gasteiger partial charge in [-0.1, -0.05) is 17.3 Å². The van der Waals surface area contributed by atoms with E-state index in [1.807, 2.05) is 35.9 Å². The molecule has 3 aromatic rings. The van der Waals surface area contributed by atoms with Gasteiger partial charge in [-0.15, -0.1) is 5.10 Å². The molecule has 0 fully saturated rings. The van der Waals surface area contributed by atoms with Crippen molar-refractivity contribution < 1.29 is 4.79 Å². The Labute approximate surface area is 135 Å². The zero-order valence-electron chi connectivity index (χ0n) is 12.0. The van der Waals surface area contributed by atoms with Gasteiger partial charge in [-0.05, 0) is 35.0 Å². The number of amides is 1. The van der Waals surface area contributed by atoms with Gasteiger partial charge in [-0.3, -0.25) is 9.48 Å². The molecule has 0 saturated heterocycles. The van der Waals surface area contributed by atoms with Gasteiger partial charge in [0.1, 0.15) is 12.1 Å². The van der Waals surface area contributed by atoms with Crippen LogP contribution in [0.1, 0.15) is 12.6 Å². The number of carbonyl (C=O) groups is 1. The molecule has 2 heterocycles. The van der Waals surface area contributed by atoms with Crippen LogP contribution < -0.4 is 5.32 Å². The number of hydrogen-bond acceptors (Lipinski definition) is 4. The quantitative estimate of drug-likeness (QED) is 0.749. The first-order chi connectivity index (χ1) is 10.7. The van der Waals surface area contributed by atoms with E-state index in [-0.39, 0.29) is 12.5 Å². The van der Waals surface area contributed by atoms with Crippen molar-refractivity contribution in [1.82, 2.24) is 30.1 Å². The van der Waals surface area contributed by atoms with Crippen molar-refractivity contribution in [1.29, 1.82) is 0 Å². The summed E-state index contributed by atoms with van der Waals surface area (Å²) in [6, 6.07) is 7.56. The summed E-state index contributed by atoms with van der Waals surface area (Å²) >= 11 is 3.44. The molecule has 114 valence electrons. The molecule has 0 atom stereocenters. The molecule has 0 aliphatic carbocycles. The summed E-state index contributed by atoms with van der Waals surface area (Å²) in [6.45, 7) is 3.31. The molecule has 2 aromatic heterocycles. The van der Waals surface area contributed by atoms with Crippen LogP contribution >= 0.6 is 15.9 Å². The second-order valence-corrected chi connectivity index (χ2v) is 5.62. The Kier molecular flexibility index (Phi) is 4.19. The standard InChI is InChI=1S/C14H15BrN6O/c1-2-20-13(10(15)7-17-20)8-16-14(22)9-21-12-6-4-3-5-11(12)18-19-21/h3-7H,2,8-9H2,1H3,(H,16,22). The second kappa shape index (κ2) is 6.27. The number of hydrogen-bond donors (Lipinski definition) is 1. The molecular formula is C14H15BrN6O. The number of carbonyl (C=O) groups excluding carboxylic acids is 1. The van der Waals surface area contributed by atoms with E-state index in [9.17, 15) is 4.79 Å². The topological polar surface area (TPSA) is 77.6 Å². The maximum Gasteiger partial charge on any atom is 0.242 e. The third-order valence-corrected chi connectivity index (χ3v) is 4.03. The van der Waals surface area contributed by atoms with Gasteiger partial charge >= 0.3 is 0 Å². The number of aryl methyl sites for hydroxylation is 1. The molecular weight excluding hydrogens is 348 g/mol. The number of rotatable bonds is 5. The van der Waals surface area contributed by atoms with E-state index in [4.69, 9.17) is 0 Å².